The Bertz CT molecular complexity index is 221. The first kappa shape index (κ1) is 12.6. The van der Waals surface area contributed by atoms with Gasteiger partial charge in [-0.15, -0.1) is 6.58 Å². The molecule has 78 valence electrons. The first-order valence-corrected chi connectivity index (χ1v) is 5.36. The van der Waals surface area contributed by atoms with Gasteiger partial charge in [-0.05, 0) is 6.42 Å². The summed E-state index contributed by atoms with van der Waals surface area (Å²) in [5.41, 5.74) is 0. The highest BCUT2D eigenvalue weighted by molar-refractivity contribution is 7.86. The van der Waals surface area contributed by atoms with Gasteiger partial charge in [-0.3, -0.25) is 4.18 Å². The largest absolute Gasteiger partial charge is 0.396 e. The van der Waals surface area contributed by atoms with Crippen molar-refractivity contribution in [2.24, 2.45) is 0 Å². The van der Waals surface area contributed by atoms with E-state index in [9.17, 15) is 8.42 Å². The Morgan fingerprint density at radius 1 is 1.46 bits per heavy atom. The maximum atomic E-state index is 10.9. The van der Waals surface area contributed by atoms with Crippen molar-refractivity contribution in [2.75, 3.05) is 25.8 Å². The molecular formula is C7H14O5S. The van der Waals surface area contributed by atoms with Crippen molar-refractivity contribution in [3.8, 4) is 0 Å². The van der Waals surface area contributed by atoms with E-state index in [1.54, 1.807) is 0 Å². The number of hydrogen-bond donors (Lipinski definition) is 1. The van der Waals surface area contributed by atoms with Crippen LogP contribution in [-0.2, 0) is 19.0 Å². The van der Waals surface area contributed by atoms with Crippen LogP contribution in [0.2, 0.25) is 0 Å². The lowest BCUT2D eigenvalue weighted by atomic mass is 10.5. The smallest absolute Gasteiger partial charge is 0.291 e. The molecule has 0 aliphatic rings. The van der Waals surface area contributed by atoms with Crippen molar-refractivity contribution in [3.63, 3.8) is 0 Å². The van der Waals surface area contributed by atoms with Gasteiger partial charge >= 0.3 is 0 Å². The zero-order chi connectivity index (χ0) is 10.2. The second-order valence-electron chi connectivity index (χ2n) is 2.23. The molecule has 0 heterocycles. The highest BCUT2D eigenvalue weighted by Gasteiger charge is 2.09. The van der Waals surface area contributed by atoms with Crippen molar-refractivity contribution >= 4 is 10.1 Å². The third-order valence-electron chi connectivity index (χ3n) is 1.03. The van der Waals surface area contributed by atoms with E-state index >= 15 is 0 Å². The maximum absolute atomic E-state index is 10.9. The van der Waals surface area contributed by atoms with Crippen LogP contribution in [0.25, 0.3) is 0 Å². The van der Waals surface area contributed by atoms with Crippen LogP contribution in [0.3, 0.4) is 0 Å². The quantitative estimate of drug-likeness (QED) is 0.343. The average Bonchev–Trinajstić information content (AvgIpc) is 2.05. The van der Waals surface area contributed by atoms with Gasteiger partial charge in [0.05, 0.1) is 13.2 Å². The van der Waals surface area contributed by atoms with Crippen LogP contribution in [0.5, 0.6) is 0 Å². The zero-order valence-corrected chi connectivity index (χ0v) is 8.12. The van der Waals surface area contributed by atoms with Crippen molar-refractivity contribution < 1.29 is 22.4 Å². The highest BCUT2D eigenvalue weighted by atomic mass is 32.2. The van der Waals surface area contributed by atoms with E-state index in [0.29, 0.717) is 6.42 Å². The molecule has 0 spiro atoms. The van der Waals surface area contributed by atoms with E-state index in [-0.39, 0.29) is 19.8 Å². The van der Waals surface area contributed by atoms with Gasteiger partial charge in [0.25, 0.3) is 10.1 Å². The minimum absolute atomic E-state index is 0.0176. The average molecular weight is 210 g/mol. The summed E-state index contributed by atoms with van der Waals surface area (Å²) in [4.78, 5) is 0. The summed E-state index contributed by atoms with van der Waals surface area (Å²) in [5.74, 6) is -0.482. The molecule has 6 heteroatoms. The van der Waals surface area contributed by atoms with Crippen LogP contribution in [0.4, 0.5) is 0 Å². The molecule has 5 nitrogen and oxygen atoms in total. The Hall–Kier alpha value is -0.430. The molecule has 0 amide bonds. The molecule has 0 saturated heterocycles. The van der Waals surface area contributed by atoms with E-state index in [1.165, 1.54) is 6.08 Å². The van der Waals surface area contributed by atoms with Gasteiger partial charge in [-0.2, -0.15) is 8.42 Å². The van der Waals surface area contributed by atoms with Gasteiger partial charge in [-0.25, -0.2) is 0 Å². The molecule has 0 aliphatic carbocycles. The molecule has 0 aromatic rings. The van der Waals surface area contributed by atoms with Crippen molar-refractivity contribution in [3.05, 3.63) is 12.7 Å². The molecule has 13 heavy (non-hydrogen) atoms. The van der Waals surface area contributed by atoms with E-state index in [1.807, 2.05) is 0 Å². The SMILES string of the molecule is C=CCOCS(=O)(=O)OCCCO. The number of aliphatic hydroxyl groups is 1. The lowest BCUT2D eigenvalue weighted by Gasteiger charge is -2.03. The van der Waals surface area contributed by atoms with Gasteiger partial charge in [0.1, 0.15) is 0 Å². The topological polar surface area (TPSA) is 72.8 Å². The summed E-state index contributed by atoms with van der Waals surface area (Å²) in [6.07, 6.45) is 1.74. The molecule has 0 saturated carbocycles. The Morgan fingerprint density at radius 2 is 2.15 bits per heavy atom. The summed E-state index contributed by atoms with van der Waals surface area (Å²) in [6, 6.07) is 0. The van der Waals surface area contributed by atoms with Crippen LogP contribution in [-0.4, -0.2) is 39.3 Å². The Morgan fingerprint density at radius 3 is 2.69 bits per heavy atom. The first-order chi connectivity index (χ1) is 6.12. The molecule has 0 bridgehead atoms. The molecule has 1 N–H and O–H groups in total. The van der Waals surface area contributed by atoms with Crippen LogP contribution < -0.4 is 0 Å². The van der Waals surface area contributed by atoms with Crippen molar-refractivity contribution in [1.82, 2.24) is 0 Å². The summed E-state index contributed by atoms with van der Waals surface area (Å²) in [5, 5.41) is 8.36. The molecule has 0 aromatic heterocycles. The van der Waals surface area contributed by atoms with Crippen molar-refractivity contribution in [1.29, 1.82) is 0 Å². The fourth-order valence-corrected chi connectivity index (χ4v) is 1.26. The minimum atomic E-state index is -3.61. The summed E-state index contributed by atoms with van der Waals surface area (Å²) >= 11 is 0. The standard InChI is InChI=1S/C7H14O5S/c1-2-5-11-7-13(9,10)12-6-3-4-8/h2,8H,1,3-7H2. The van der Waals surface area contributed by atoms with E-state index in [4.69, 9.17) is 5.11 Å². The molecular weight excluding hydrogens is 196 g/mol. The third-order valence-corrected chi connectivity index (χ3v) is 2.01. The maximum Gasteiger partial charge on any atom is 0.291 e. The fraction of sp³-hybridized carbons (Fsp3) is 0.714. The van der Waals surface area contributed by atoms with Crippen molar-refractivity contribution in [2.45, 2.75) is 6.42 Å². The van der Waals surface area contributed by atoms with Gasteiger partial charge < -0.3 is 9.84 Å². The monoisotopic (exact) mass is 210 g/mol. The first-order valence-electron chi connectivity index (χ1n) is 3.79. The van der Waals surface area contributed by atoms with Crippen LogP contribution in [0, 0.1) is 0 Å². The Balaban J connectivity index is 3.61. The summed E-state index contributed by atoms with van der Waals surface area (Å²) in [6.45, 7) is 3.42. The van der Waals surface area contributed by atoms with Crippen LogP contribution in [0.15, 0.2) is 12.7 Å². The van der Waals surface area contributed by atoms with E-state index < -0.39 is 16.1 Å². The molecule has 0 rings (SSSR count). The fourth-order valence-electron chi connectivity index (χ4n) is 0.518. The Kier molecular flexibility index (Phi) is 6.79. The predicted molar refractivity (Wildman–Crippen MR) is 47.6 cm³/mol. The second kappa shape index (κ2) is 7.02. The number of ether oxygens (including phenoxy) is 1. The highest BCUT2D eigenvalue weighted by Crippen LogP contribution is 1.95. The molecule has 0 atom stereocenters. The lowest BCUT2D eigenvalue weighted by molar-refractivity contribution is 0.185. The van der Waals surface area contributed by atoms with Crippen LogP contribution in [0.1, 0.15) is 6.42 Å². The molecule has 0 radical (unpaired) electrons. The normalized spacial score (nSPS) is 11.5. The van der Waals surface area contributed by atoms with Crippen LogP contribution >= 0.6 is 0 Å². The third kappa shape index (κ3) is 7.92. The second-order valence-corrected chi connectivity index (χ2v) is 3.82. The van der Waals surface area contributed by atoms with Gasteiger partial charge in [0.15, 0.2) is 5.94 Å². The minimum Gasteiger partial charge on any atom is -0.396 e. The number of aliphatic hydroxyl groups excluding tert-OH is 1. The summed E-state index contributed by atoms with van der Waals surface area (Å²) in [7, 11) is -3.61. The molecule has 0 aromatic carbocycles. The van der Waals surface area contributed by atoms with Gasteiger partial charge in [0, 0.05) is 6.61 Å². The Labute approximate surface area is 78.1 Å². The predicted octanol–water partition coefficient (Wildman–Crippen LogP) is -0.125. The molecule has 0 fully saturated rings. The number of hydrogen-bond acceptors (Lipinski definition) is 5. The lowest BCUT2D eigenvalue weighted by Crippen LogP contribution is -2.14. The molecule has 0 aliphatic heterocycles. The molecule has 0 unspecified atom stereocenters. The van der Waals surface area contributed by atoms with Gasteiger partial charge in [-0.1, -0.05) is 6.08 Å². The summed E-state index contributed by atoms with van der Waals surface area (Å²) < 4.78 is 31.0. The van der Waals surface area contributed by atoms with Gasteiger partial charge in [0.2, 0.25) is 0 Å². The number of rotatable bonds is 8. The van der Waals surface area contributed by atoms with E-state index in [2.05, 4.69) is 15.5 Å². The van der Waals surface area contributed by atoms with E-state index in [0.717, 1.165) is 0 Å². The zero-order valence-electron chi connectivity index (χ0n) is 7.31.